The molecule has 2 amide bonds. The molecule has 1 saturated carbocycles. The SMILES string of the molecule is C=CCNC(=O)CN1CCN(C(=O)C2CCCC2N)CC1.Cl.Cl. The second-order valence-corrected chi connectivity index (χ2v) is 5.90. The lowest BCUT2D eigenvalue weighted by Gasteiger charge is -2.36. The zero-order valence-corrected chi connectivity index (χ0v) is 15.0. The third kappa shape index (κ3) is 6.30. The molecule has 134 valence electrons. The fourth-order valence-corrected chi connectivity index (χ4v) is 3.10. The van der Waals surface area contributed by atoms with Crippen LogP contribution in [0, 0.1) is 5.92 Å². The fourth-order valence-electron chi connectivity index (χ4n) is 3.10. The van der Waals surface area contributed by atoms with Crippen molar-refractivity contribution in [3.8, 4) is 0 Å². The molecule has 2 unspecified atom stereocenters. The van der Waals surface area contributed by atoms with Gasteiger partial charge < -0.3 is 16.0 Å². The van der Waals surface area contributed by atoms with Crippen molar-refractivity contribution in [3.63, 3.8) is 0 Å². The second kappa shape index (κ2) is 10.9. The van der Waals surface area contributed by atoms with Crippen molar-refractivity contribution in [1.29, 1.82) is 0 Å². The lowest BCUT2D eigenvalue weighted by Crippen LogP contribution is -2.53. The van der Waals surface area contributed by atoms with E-state index in [-0.39, 0.29) is 48.6 Å². The first-order valence-electron chi connectivity index (χ1n) is 7.76. The van der Waals surface area contributed by atoms with Crippen LogP contribution in [-0.2, 0) is 9.59 Å². The van der Waals surface area contributed by atoms with Gasteiger partial charge in [0.15, 0.2) is 0 Å². The van der Waals surface area contributed by atoms with Crippen LogP contribution in [0.25, 0.3) is 0 Å². The lowest BCUT2D eigenvalue weighted by molar-refractivity contribution is -0.137. The van der Waals surface area contributed by atoms with Crippen molar-refractivity contribution >= 4 is 36.6 Å². The molecule has 8 heteroatoms. The quantitative estimate of drug-likeness (QED) is 0.690. The van der Waals surface area contributed by atoms with Crippen LogP contribution < -0.4 is 11.1 Å². The summed E-state index contributed by atoms with van der Waals surface area (Å²) in [5, 5.41) is 2.77. The van der Waals surface area contributed by atoms with Crippen LogP contribution in [-0.4, -0.2) is 66.9 Å². The Morgan fingerprint density at radius 2 is 1.83 bits per heavy atom. The maximum atomic E-state index is 12.4. The van der Waals surface area contributed by atoms with E-state index < -0.39 is 0 Å². The number of nitrogens with two attached hydrogens (primary N) is 1. The van der Waals surface area contributed by atoms with Crippen molar-refractivity contribution in [1.82, 2.24) is 15.1 Å². The number of rotatable bonds is 5. The Kier molecular flexibility index (Phi) is 10.5. The summed E-state index contributed by atoms with van der Waals surface area (Å²) in [7, 11) is 0. The molecule has 0 aromatic heterocycles. The maximum absolute atomic E-state index is 12.4. The Morgan fingerprint density at radius 1 is 1.17 bits per heavy atom. The van der Waals surface area contributed by atoms with E-state index in [0.717, 1.165) is 32.4 Å². The third-order valence-electron chi connectivity index (χ3n) is 4.38. The topological polar surface area (TPSA) is 78.7 Å². The van der Waals surface area contributed by atoms with E-state index in [4.69, 9.17) is 5.73 Å². The van der Waals surface area contributed by atoms with E-state index >= 15 is 0 Å². The molecule has 1 aliphatic heterocycles. The molecule has 2 fully saturated rings. The summed E-state index contributed by atoms with van der Waals surface area (Å²) in [6.45, 7) is 7.33. The molecule has 1 aliphatic carbocycles. The highest BCUT2D eigenvalue weighted by atomic mass is 35.5. The highest BCUT2D eigenvalue weighted by Crippen LogP contribution is 2.26. The van der Waals surface area contributed by atoms with Crippen LogP contribution in [0.3, 0.4) is 0 Å². The molecule has 1 saturated heterocycles. The zero-order chi connectivity index (χ0) is 15.2. The van der Waals surface area contributed by atoms with Gasteiger partial charge in [0.05, 0.1) is 12.5 Å². The molecule has 0 aromatic carbocycles. The predicted octanol–water partition coefficient (Wildman–Crippen LogP) is 0.404. The number of carbonyl (C=O) groups is 2. The van der Waals surface area contributed by atoms with Gasteiger partial charge in [-0.2, -0.15) is 0 Å². The Balaban J connectivity index is 0.00000242. The number of hydrogen-bond donors (Lipinski definition) is 2. The molecule has 2 rings (SSSR count). The molecule has 0 aromatic rings. The summed E-state index contributed by atoms with van der Waals surface area (Å²) in [4.78, 5) is 28.0. The van der Waals surface area contributed by atoms with Crippen molar-refractivity contribution in [3.05, 3.63) is 12.7 Å². The fraction of sp³-hybridized carbons (Fsp3) is 0.733. The van der Waals surface area contributed by atoms with Gasteiger partial charge in [-0.1, -0.05) is 12.5 Å². The van der Waals surface area contributed by atoms with Crippen molar-refractivity contribution in [2.45, 2.75) is 25.3 Å². The molecule has 0 spiro atoms. The minimum Gasteiger partial charge on any atom is -0.352 e. The van der Waals surface area contributed by atoms with Gasteiger partial charge in [-0.25, -0.2) is 0 Å². The summed E-state index contributed by atoms with van der Waals surface area (Å²) in [6.07, 6.45) is 4.60. The Bertz CT molecular complexity index is 401. The molecule has 2 atom stereocenters. The zero-order valence-electron chi connectivity index (χ0n) is 13.4. The van der Waals surface area contributed by atoms with Gasteiger partial charge in [0.2, 0.25) is 11.8 Å². The van der Waals surface area contributed by atoms with E-state index in [2.05, 4.69) is 16.8 Å². The predicted molar refractivity (Wildman–Crippen MR) is 96.0 cm³/mol. The number of hydrogen-bond acceptors (Lipinski definition) is 4. The Labute approximate surface area is 150 Å². The van der Waals surface area contributed by atoms with Crippen LogP contribution in [0.4, 0.5) is 0 Å². The number of piperazine rings is 1. The van der Waals surface area contributed by atoms with E-state index in [0.29, 0.717) is 26.2 Å². The molecule has 6 nitrogen and oxygen atoms in total. The third-order valence-corrected chi connectivity index (χ3v) is 4.38. The first-order valence-corrected chi connectivity index (χ1v) is 7.76. The largest absolute Gasteiger partial charge is 0.352 e. The van der Waals surface area contributed by atoms with Crippen LogP contribution in [0.15, 0.2) is 12.7 Å². The van der Waals surface area contributed by atoms with Gasteiger partial charge in [0, 0.05) is 38.8 Å². The minimum absolute atomic E-state index is 0. The molecule has 0 bridgehead atoms. The normalized spacial score (nSPS) is 24.3. The van der Waals surface area contributed by atoms with E-state index in [1.54, 1.807) is 6.08 Å². The standard InChI is InChI=1S/C15H26N4O2.2ClH/c1-2-6-17-14(20)11-18-7-9-19(10-8-18)15(21)12-4-3-5-13(12)16;;/h2,12-13H,1,3-11,16H2,(H,17,20);2*1H. The summed E-state index contributed by atoms with van der Waals surface area (Å²) >= 11 is 0. The lowest BCUT2D eigenvalue weighted by atomic mass is 10.0. The number of nitrogens with one attached hydrogen (secondary N) is 1. The molecule has 23 heavy (non-hydrogen) atoms. The van der Waals surface area contributed by atoms with Crippen LogP contribution in [0.5, 0.6) is 0 Å². The van der Waals surface area contributed by atoms with Gasteiger partial charge in [-0.05, 0) is 12.8 Å². The van der Waals surface area contributed by atoms with Gasteiger partial charge in [-0.15, -0.1) is 31.4 Å². The van der Waals surface area contributed by atoms with Crippen LogP contribution in [0.2, 0.25) is 0 Å². The van der Waals surface area contributed by atoms with E-state index in [9.17, 15) is 9.59 Å². The van der Waals surface area contributed by atoms with E-state index in [1.165, 1.54) is 0 Å². The van der Waals surface area contributed by atoms with Crippen LogP contribution >= 0.6 is 24.8 Å². The highest BCUT2D eigenvalue weighted by molar-refractivity contribution is 5.85. The molecule has 0 radical (unpaired) electrons. The molecular formula is C15H28Cl2N4O2. The van der Waals surface area contributed by atoms with Crippen LogP contribution in [0.1, 0.15) is 19.3 Å². The summed E-state index contributed by atoms with van der Waals surface area (Å²) in [6, 6.07) is 0.0280. The number of carbonyl (C=O) groups excluding carboxylic acids is 2. The second-order valence-electron chi connectivity index (χ2n) is 5.90. The molecule has 1 heterocycles. The van der Waals surface area contributed by atoms with Crippen molar-refractivity contribution < 1.29 is 9.59 Å². The van der Waals surface area contributed by atoms with Crippen molar-refractivity contribution in [2.75, 3.05) is 39.3 Å². The minimum atomic E-state index is 0. The van der Waals surface area contributed by atoms with E-state index in [1.807, 2.05) is 4.90 Å². The molecule has 3 N–H and O–H groups in total. The molecule has 2 aliphatic rings. The summed E-state index contributed by atoms with van der Waals surface area (Å²) < 4.78 is 0. The van der Waals surface area contributed by atoms with Gasteiger partial charge in [0.1, 0.15) is 0 Å². The smallest absolute Gasteiger partial charge is 0.234 e. The molecular weight excluding hydrogens is 339 g/mol. The Morgan fingerprint density at radius 3 is 2.35 bits per heavy atom. The number of halogens is 2. The van der Waals surface area contributed by atoms with Gasteiger partial charge in [-0.3, -0.25) is 14.5 Å². The first kappa shape index (κ1) is 22.2. The monoisotopic (exact) mass is 366 g/mol. The number of nitrogens with zero attached hydrogens (tertiary/aromatic N) is 2. The average Bonchev–Trinajstić information content (AvgIpc) is 2.91. The summed E-state index contributed by atoms with van der Waals surface area (Å²) in [5.74, 6) is 0.218. The highest BCUT2D eigenvalue weighted by Gasteiger charge is 2.34. The maximum Gasteiger partial charge on any atom is 0.234 e. The van der Waals surface area contributed by atoms with Gasteiger partial charge in [0.25, 0.3) is 0 Å². The van der Waals surface area contributed by atoms with Crippen molar-refractivity contribution in [2.24, 2.45) is 11.7 Å². The number of amides is 2. The average molecular weight is 367 g/mol. The Hall–Kier alpha value is -0.820. The summed E-state index contributed by atoms with van der Waals surface area (Å²) in [5.41, 5.74) is 6.01. The first-order chi connectivity index (χ1) is 10.1. The van der Waals surface area contributed by atoms with Gasteiger partial charge >= 0.3 is 0 Å².